The molecule has 18 heavy (non-hydrogen) atoms. The summed E-state index contributed by atoms with van der Waals surface area (Å²) in [6.45, 7) is 1.52. The fraction of sp³-hybridized carbons (Fsp3) is 1.00. The minimum absolute atomic E-state index is 0.0204. The average molecular weight is 257 g/mol. The van der Waals surface area contributed by atoms with Crippen molar-refractivity contribution < 1.29 is 15.3 Å². The van der Waals surface area contributed by atoms with Crippen LogP contribution in [0.2, 0.25) is 0 Å². The molecule has 0 spiro atoms. The highest BCUT2D eigenvalue weighted by molar-refractivity contribution is 4.87. The highest BCUT2D eigenvalue weighted by atomic mass is 16.3. The number of aliphatic hydroxyl groups is 3. The molecule has 4 nitrogen and oxygen atoms in total. The molecule has 0 radical (unpaired) electrons. The quantitative estimate of drug-likeness (QED) is 0.695. The van der Waals surface area contributed by atoms with E-state index in [0.717, 1.165) is 12.5 Å². The molecule has 0 aromatic carbocycles. The minimum Gasteiger partial charge on any atom is -0.395 e. The molecule has 0 bridgehead atoms. The Hall–Kier alpha value is -0.160. The van der Waals surface area contributed by atoms with Crippen molar-refractivity contribution in [1.82, 2.24) is 4.90 Å². The predicted molar refractivity (Wildman–Crippen MR) is 70.3 cm³/mol. The van der Waals surface area contributed by atoms with Crippen LogP contribution in [-0.2, 0) is 0 Å². The SMILES string of the molecule is OC[C@H]1CC(O)[C@@H](O)CN1CCC1CCCCC1. The van der Waals surface area contributed by atoms with E-state index in [1.165, 1.54) is 38.5 Å². The Morgan fingerprint density at radius 2 is 1.72 bits per heavy atom. The van der Waals surface area contributed by atoms with E-state index < -0.39 is 12.2 Å². The zero-order valence-corrected chi connectivity index (χ0v) is 11.2. The summed E-state index contributed by atoms with van der Waals surface area (Å²) in [6, 6.07) is 0.0204. The van der Waals surface area contributed by atoms with Crippen LogP contribution in [0, 0.1) is 5.92 Å². The maximum atomic E-state index is 9.73. The first-order valence-electron chi connectivity index (χ1n) is 7.41. The van der Waals surface area contributed by atoms with Crippen LogP contribution < -0.4 is 0 Å². The van der Waals surface area contributed by atoms with Crippen LogP contribution in [0.1, 0.15) is 44.9 Å². The lowest BCUT2D eigenvalue weighted by Gasteiger charge is -2.40. The summed E-state index contributed by atoms with van der Waals surface area (Å²) in [5.41, 5.74) is 0. The van der Waals surface area contributed by atoms with Gasteiger partial charge in [-0.15, -0.1) is 0 Å². The molecule has 1 saturated heterocycles. The van der Waals surface area contributed by atoms with Crippen LogP contribution in [-0.4, -0.2) is 58.2 Å². The monoisotopic (exact) mass is 257 g/mol. The number of hydrogen-bond donors (Lipinski definition) is 3. The van der Waals surface area contributed by atoms with E-state index in [0.29, 0.717) is 13.0 Å². The first kappa shape index (κ1) is 14.3. The standard InChI is InChI=1S/C14H27NO3/c16-10-12-8-13(17)14(18)9-15(12)7-6-11-4-2-1-3-5-11/h11-14,16-18H,1-10H2/t12-,13?,14+/m1/s1. The third kappa shape index (κ3) is 3.67. The van der Waals surface area contributed by atoms with Crippen molar-refractivity contribution in [2.45, 2.75) is 63.2 Å². The third-order valence-electron chi connectivity index (χ3n) is 4.66. The summed E-state index contributed by atoms with van der Waals surface area (Å²) >= 11 is 0. The molecule has 3 N–H and O–H groups in total. The number of likely N-dealkylation sites (tertiary alicyclic amines) is 1. The molecule has 2 fully saturated rings. The fourth-order valence-corrected chi connectivity index (χ4v) is 3.38. The van der Waals surface area contributed by atoms with Crippen molar-refractivity contribution in [3.8, 4) is 0 Å². The summed E-state index contributed by atoms with van der Waals surface area (Å²) in [4.78, 5) is 2.16. The summed E-state index contributed by atoms with van der Waals surface area (Å²) in [7, 11) is 0. The molecule has 1 aliphatic heterocycles. The molecule has 4 heteroatoms. The Morgan fingerprint density at radius 1 is 1.00 bits per heavy atom. The predicted octanol–water partition coefficient (Wildman–Crippen LogP) is 0.745. The van der Waals surface area contributed by atoms with Crippen molar-refractivity contribution in [3.63, 3.8) is 0 Å². The molecule has 0 amide bonds. The van der Waals surface area contributed by atoms with Gasteiger partial charge in [-0.05, 0) is 25.3 Å². The zero-order valence-electron chi connectivity index (χ0n) is 11.2. The lowest BCUT2D eigenvalue weighted by atomic mass is 9.86. The van der Waals surface area contributed by atoms with Gasteiger partial charge in [0.15, 0.2) is 0 Å². The van der Waals surface area contributed by atoms with Crippen LogP contribution in [0.3, 0.4) is 0 Å². The van der Waals surface area contributed by atoms with Gasteiger partial charge in [-0.2, -0.15) is 0 Å². The highest BCUT2D eigenvalue weighted by Gasteiger charge is 2.33. The van der Waals surface area contributed by atoms with Crippen molar-refractivity contribution >= 4 is 0 Å². The van der Waals surface area contributed by atoms with Crippen molar-refractivity contribution in [2.75, 3.05) is 19.7 Å². The van der Waals surface area contributed by atoms with Crippen molar-refractivity contribution in [2.24, 2.45) is 5.92 Å². The summed E-state index contributed by atoms with van der Waals surface area (Å²) < 4.78 is 0. The van der Waals surface area contributed by atoms with Crippen LogP contribution in [0.15, 0.2) is 0 Å². The number of nitrogens with zero attached hydrogens (tertiary/aromatic N) is 1. The molecule has 3 atom stereocenters. The number of hydrogen-bond acceptors (Lipinski definition) is 4. The molecular formula is C14H27NO3. The average Bonchev–Trinajstić information content (AvgIpc) is 2.41. The van der Waals surface area contributed by atoms with Crippen LogP contribution in [0.5, 0.6) is 0 Å². The second kappa shape index (κ2) is 6.85. The minimum atomic E-state index is -0.673. The molecular weight excluding hydrogens is 230 g/mol. The first-order chi connectivity index (χ1) is 8.70. The topological polar surface area (TPSA) is 63.9 Å². The molecule has 1 unspecified atom stereocenters. The third-order valence-corrected chi connectivity index (χ3v) is 4.66. The van der Waals surface area contributed by atoms with E-state index in [-0.39, 0.29) is 12.6 Å². The van der Waals surface area contributed by atoms with Gasteiger partial charge < -0.3 is 15.3 Å². The lowest BCUT2D eigenvalue weighted by Crippen LogP contribution is -2.54. The van der Waals surface area contributed by atoms with Crippen LogP contribution in [0.4, 0.5) is 0 Å². The number of aliphatic hydroxyl groups excluding tert-OH is 3. The number of piperidine rings is 1. The van der Waals surface area contributed by atoms with E-state index in [2.05, 4.69) is 4.90 Å². The lowest BCUT2D eigenvalue weighted by molar-refractivity contribution is -0.0721. The van der Waals surface area contributed by atoms with Crippen molar-refractivity contribution in [3.05, 3.63) is 0 Å². The molecule has 1 heterocycles. The van der Waals surface area contributed by atoms with E-state index in [9.17, 15) is 15.3 Å². The van der Waals surface area contributed by atoms with Gasteiger partial charge in [0.1, 0.15) is 0 Å². The van der Waals surface area contributed by atoms with Gasteiger partial charge in [-0.3, -0.25) is 4.90 Å². The van der Waals surface area contributed by atoms with Gasteiger partial charge in [0.05, 0.1) is 18.8 Å². The summed E-state index contributed by atoms with van der Waals surface area (Å²) in [5, 5.41) is 28.7. The van der Waals surface area contributed by atoms with E-state index in [1.54, 1.807) is 0 Å². The van der Waals surface area contributed by atoms with Crippen LogP contribution in [0.25, 0.3) is 0 Å². The number of rotatable bonds is 4. The molecule has 2 rings (SSSR count). The Morgan fingerprint density at radius 3 is 2.39 bits per heavy atom. The molecule has 2 aliphatic rings. The molecule has 0 aromatic heterocycles. The van der Waals surface area contributed by atoms with E-state index in [1.807, 2.05) is 0 Å². The molecule has 0 aromatic rings. The van der Waals surface area contributed by atoms with Gasteiger partial charge in [-0.25, -0.2) is 0 Å². The molecule has 1 aliphatic carbocycles. The van der Waals surface area contributed by atoms with Gasteiger partial charge in [0, 0.05) is 12.6 Å². The number of β-amino-alcohol motifs (C(OH)–C–C–N with tert-alkyl or cyclic N) is 1. The van der Waals surface area contributed by atoms with Crippen molar-refractivity contribution in [1.29, 1.82) is 0 Å². The highest BCUT2D eigenvalue weighted by Crippen LogP contribution is 2.27. The fourth-order valence-electron chi connectivity index (χ4n) is 3.38. The van der Waals surface area contributed by atoms with Gasteiger partial charge in [-0.1, -0.05) is 32.1 Å². The second-order valence-corrected chi connectivity index (χ2v) is 5.99. The normalized spacial score (nSPS) is 35.8. The molecule has 1 saturated carbocycles. The second-order valence-electron chi connectivity index (χ2n) is 5.99. The smallest absolute Gasteiger partial charge is 0.0926 e. The van der Waals surface area contributed by atoms with E-state index in [4.69, 9.17) is 0 Å². The first-order valence-corrected chi connectivity index (χ1v) is 7.41. The maximum Gasteiger partial charge on any atom is 0.0926 e. The Balaban J connectivity index is 1.78. The Kier molecular flexibility index (Phi) is 5.42. The maximum absolute atomic E-state index is 9.73. The van der Waals surface area contributed by atoms with Crippen LogP contribution >= 0.6 is 0 Å². The van der Waals surface area contributed by atoms with Gasteiger partial charge in [0.25, 0.3) is 0 Å². The van der Waals surface area contributed by atoms with Gasteiger partial charge >= 0.3 is 0 Å². The molecule has 106 valence electrons. The summed E-state index contributed by atoms with van der Waals surface area (Å²) in [5.74, 6) is 0.821. The Labute approximate surface area is 110 Å². The summed E-state index contributed by atoms with van der Waals surface area (Å²) in [6.07, 6.45) is 7.09. The van der Waals surface area contributed by atoms with E-state index >= 15 is 0 Å². The van der Waals surface area contributed by atoms with Gasteiger partial charge in [0.2, 0.25) is 0 Å². The Bertz CT molecular complexity index is 243. The zero-order chi connectivity index (χ0) is 13.0. The largest absolute Gasteiger partial charge is 0.395 e.